The minimum atomic E-state index is -0.554. The monoisotopic (exact) mass is 422 g/mol. The van der Waals surface area contributed by atoms with E-state index in [0.29, 0.717) is 23.7 Å². The molecular weight excluding hydrogens is 392 g/mol. The summed E-state index contributed by atoms with van der Waals surface area (Å²) >= 11 is 0. The van der Waals surface area contributed by atoms with Gasteiger partial charge in [-0.1, -0.05) is 13.8 Å². The van der Waals surface area contributed by atoms with E-state index in [1.165, 1.54) is 24.6 Å². The van der Waals surface area contributed by atoms with Crippen molar-refractivity contribution >= 4 is 29.4 Å². The number of anilines is 1. The van der Waals surface area contributed by atoms with Gasteiger partial charge in [0.1, 0.15) is 0 Å². The topological polar surface area (TPSA) is 77.4 Å². The number of nitrogens with one attached hydrogen (secondary N) is 1. The number of benzene rings is 1. The molecule has 31 heavy (non-hydrogen) atoms. The van der Waals surface area contributed by atoms with Crippen molar-refractivity contribution in [1.82, 2.24) is 4.57 Å². The Kier molecular flexibility index (Phi) is 7.10. The third kappa shape index (κ3) is 6.17. The molecule has 6 nitrogen and oxygen atoms in total. The number of hydrogen-bond donors (Lipinski definition) is 1. The van der Waals surface area contributed by atoms with Crippen LogP contribution in [0.25, 0.3) is 6.08 Å². The van der Waals surface area contributed by atoms with Gasteiger partial charge in [-0.25, -0.2) is 4.79 Å². The predicted octanol–water partition coefficient (Wildman–Crippen LogP) is 4.86. The lowest BCUT2D eigenvalue weighted by molar-refractivity contribution is -0.136. The second-order valence-electron chi connectivity index (χ2n) is 8.52. The smallest absolute Gasteiger partial charge is 0.331 e. The zero-order valence-corrected chi connectivity index (χ0v) is 18.6. The first-order valence-corrected chi connectivity index (χ1v) is 10.7. The quantitative estimate of drug-likeness (QED) is 0.355. The zero-order valence-electron chi connectivity index (χ0n) is 18.6. The Morgan fingerprint density at radius 2 is 1.84 bits per heavy atom. The van der Waals surface area contributed by atoms with Crippen molar-refractivity contribution in [2.45, 2.75) is 53.0 Å². The first-order valence-electron chi connectivity index (χ1n) is 10.7. The fraction of sp³-hybridized carbons (Fsp3) is 0.400. The van der Waals surface area contributed by atoms with E-state index in [-0.39, 0.29) is 24.2 Å². The van der Waals surface area contributed by atoms with Gasteiger partial charge in [-0.2, -0.15) is 0 Å². The van der Waals surface area contributed by atoms with E-state index in [0.717, 1.165) is 11.3 Å². The lowest BCUT2D eigenvalue weighted by Crippen LogP contribution is -2.14. The van der Waals surface area contributed by atoms with Crippen molar-refractivity contribution in [3.63, 3.8) is 0 Å². The molecule has 0 radical (unpaired) electrons. The van der Waals surface area contributed by atoms with Crippen molar-refractivity contribution in [2.24, 2.45) is 5.92 Å². The van der Waals surface area contributed by atoms with Crippen LogP contribution in [-0.4, -0.2) is 28.8 Å². The second-order valence-corrected chi connectivity index (χ2v) is 8.52. The molecule has 1 amide bonds. The van der Waals surface area contributed by atoms with E-state index >= 15 is 0 Å². The van der Waals surface area contributed by atoms with Crippen LogP contribution in [0.2, 0.25) is 0 Å². The summed E-state index contributed by atoms with van der Waals surface area (Å²) in [6.45, 7) is 7.74. The number of carbonyl (C=O) groups excluding carboxylic acids is 3. The van der Waals surface area contributed by atoms with E-state index in [1.54, 1.807) is 30.3 Å². The molecule has 2 aromatic rings. The molecule has 6 heteroatoms. The van der Waals surface area contributed by atoms with Crippen LogP contribution in [0.3, 0.4) is 0 Å². The highest BCUT2D eigenvalue weighted by atomic mass is 16.5. The molecule has 3 rings (SSSR count). The van der Waals surface area contributed by atoms with Gasteiger partial charge in [0.2, 0.25) is 5.91 Å². The Hall–Kier alpha value is -3.15. The molecule has 0 saturated heterocycles. The molecule has 1 aromatic heterocycles. The minimum absolute atomic E-state index is 0.0623. The Morgan fingerprint density at radius 3 is 2.45 bits per heavy atom. The summed E-state index contributed by atoms with van der Waals surface area (Å²) in [6.07, 6.45) is 5.95. The Bertz CT molecular complexity index is 995. The van der Waals surface area contributed by atoms with Gasteiger partial charge in [-0.15, -0.1) is 0 Å². The van der Waals surface area contributed by atoms with Crippen LogP contribution >= 0.6 is 0 Å². The van der Waals surface area contributed by atoms with E-state index in [2.05, 4.69) is 29.8 Å². The Labute approximate surface area is 183 Å². The van der Waals surface area contributed by atoms with Gasteiger partial charge in [0.15, 0.2) is 12.4 Å². The van der Waals surface area contributed by atoms with Gasteiger partial charge in [-0.05, 0) is 74.6 Å². The first-order chi connectivity index (χ1) is 14.7. The van der Waals surface area contributed by atoms with Crippen LogP contribution in [0.1, 0.15) is 66.5 Å². The highest BCUT2D eigenvalue weighted by molar-refractivity contribution is 5.99. The fourth-order valence-corrected chi connectivity index (χ4v) is 3.61. The molecule has 0 atom stereocenters. The molecule has 1 aromatic carbocycles. The first kappa shape index (κ1) is 22.5. The van der Waals surface area contributed by atoms with Crippen molar-refractivity contribution in [3.05, 3.63) is 58.9 Å². The molecule has 1 heterocycles. The molecule has 0 unspecified atom stereocenters. The molecule has 164 valence electrons. The summed E-state index contributed by atoms with van der Waals surface area (Å²) in [6, 6.07) is 9.21. The summed E-state index contributed by atoms with van der Waals surface area (Å²) < 4.78 is 7.41. The van der Waals surface area contributed by atoms with Crippen LogP contribution in [-0.2, 0) is 14.3 Å². The van der Waals surface area contributed by atoms with Crippen LogP contribution in [0.4, 0.5) is 5.69 Å². The van der Waals surface area contributed by atoms with Gasteiger partial charge in [-0.3, -0.25) is 9.59 Å². The summed E-state index contributed by atoms with van der Waals surface area (Å²) in [5.74, 6) is -0.640. The average molecular weight is 423 g/mol. The lowest BCUT2D eigenvalue weighted by atomic mass is 10.1. The van der Waals surface area contributed by atoms with E-state index in [1.807, 2.05) is 13.8 Å². The fourth-order valence-electron chi connectivity index (χ4n) is 3.61. The van der Waals surface area contributed by atoms with E-state index < -0.39 is 5.97 Å². The third-order valence-electron chi connectivity index (χ3n) is 5.26. The van der Waals surface area contributed by atoms with Gasteiger partial charge >= 0.3 is 5.97 Å². The van der Waals surface area contributed by atoms with Crippen molar-refractivity contribution < 1.29 is 19.1 Å². The normalized spacial score (nSPS) is 13.6. The van der Waals surface area contributed by atoms with E-state index in [9.17, 15) is 14.4 Å². The lowest BCUT2D eigenvalue weighted by Gasteiger charge is -2.08. The molecule has 0 aliphatic heterocycles. The number of esters is 1. The molecule has 1 aliphatic carbocycles. The van der Waals surface area contributed by atoms with Gasteiger partial charge in [0.05, 0.1) is 0 Å². The maximum absolute atomic E-state index is 12.3. The zero-order chi connectivity index (χ0) is 22.5. The number of Topliss-reactive ketones (excluding diaryl/α,β-unsaturated/α-hetero) is 1. The highest BCUT2D eigenvalue weighted by Crippen LogP contribution is 2.38. The predicted molar refractivity (Wildman–Crippen MR) is 121 cm³/mol. The number of aryl methyl sites for hydroxylation is 1. The van der Waals surface area contributed by atoms with E-state index in [4.69, 9.17) is 4.74 Å². The van der Waals surface area contributed by atoms with Crippen LogP contribution in [0, 0.1) is 19.8 Å². The molecule has 1 N–H and O–H groups in total. The number of amides is 1. The number of hydrogen-bond acceptors (Lipinski definition) is 4. The van der Waals surface area contributed by atoms with Crippen molar-refractivity contribution in [3.8, 4) is 0 Å². The van der Waals surface area contributed by atoms with Gasteiger partial charge in [0, 0.05) is 41.2 Å². The number of aromatic nitrogens is 1. The third-order valence-corrected chi connectivity index (χ3v) is 5.26. The second kappa shape index (κ2) is 9.77. The van der Waals surface area contributed by atoms with Crippen LogP contribution in [0.5, 0.6) is 0 Å². The average Bonchev–Trinajstić information content (AvgIpc) is 3.49. The summed E-state index contributed by atoms with van der Waals surface area (Å²) in [4.78, 5) is 36.2. The summed E-state index contributed by atoms with van der Waals surface area (Å²) in [5, 5.41) is 2.80. The number of ether oxygens (including phenoxy) is 1. The standard InChI is InChI=1S/C25H30N2O4/c1-16(2)13-24(29)26-21-8-5-19(6-9-21)23(28)15-31-25(30)12-7-20-14-17(3)27(18(20)4)22-10-11-22/h5-9,12,14,16,22H,10-11,13,15H2,1-4H3,(H,26,29)/b12-7+. The number of ketones is 1. The van der Waals surface area contributed by atoms with Crippen LogP contribution in [0.15, 0.2) is 36.4 Å². The number of rotatable bonds is 9. The van der Waals surface area contributed by atoms with Gasteiger partial charge < -0.3 is 14.6 Å². The molecule has 0 bridgehead atoms. The minimum Gasteiger partial charge on any atom is -0.454 e. The highest BCUT2D eigenvalue weighted by Gasteiger charge is 2.26. The van der Waals surface area contributed by atoms with Crippen LogP contribution < -0.4 is 5.32 Å². The molecule has 1 saturated carbocycles. The molecular formula is C25H30N2O4. The molecule has 1 aliphatic rings. The number of carbonyl (C=O) groups is 3. The van der Waals surface area contributed by atoms with Crippen molar-refractivity contribution in [1.29, 1.82) is 0 Å². The molecule has 0 spiro atoms. The molecule has 1 fully saturated rings. The summed E-state index contributed by atoms with van der Waals surface area (Å²) in [7, 11) is 0. The largest absolute Gasteiger partial charge is 0.454 e. The maximum Gasteiger partial charge on any atom is 0.331 e. The van der Waals surface area contributed by atoms with Crippen molar-refractivity contribution in [2.75, 3.05) is 11.9 Å². The Morgan fingerprint density at radius 1 is 1.16 bits per heavy atom. The van der Waals surface area contributed by atoms with Gasteiger partial charge in [0.25, 0.3) is 0 Å². The Balaban J connectivity index is 1.50. The SMILES string of the molecule is Cc1cc(/C=C/C(=O)OCC(=O)c2ccc(NC(=O)CC(C)C)cc2)c(C)n1C1CC1. The number of nitrogens with zero attached hydrogens (tertiary/aromatic N) is 1. The summed E-state index contributed by atoms with van der Waals surface area (Å²) in [5.41, 5.74) is 4.37. The maximum atomic E-state index is 12.3.